The van der Waals surface area contributed by atoms with Crippen molar-refractivity contribution in [1.82, 2.24) is 14.7 Å². The van der Waals surface area contributed by atoms with E-state index in [9.17, 15) is 4.79 Å². The zero-order valence-corrected chi connectivity index (χ0v) is 12.8. The number of piperidine rings is 1. The Kier molecular flexibility index (Phi) is 5.32. The molecule has 0 bridgehead atoms. The van der Waals surface area contributed by atoms with Crippen LogP contribution in [0.4, 0.5) is 0 Å². The highest BCUT2D eigenvalue weighted by molar-refractivity contribution is 5.95. The van der Waals surface area contributed by atoms with Gasteiger partial charge >= 0.3 is 0 Å². The van der Waals surface area contributed by atoms with Gasteiger partial charge < -0.3 is 14.7 Å². The molecule has 1 fully saturated rings. The van der Waals surface area contributed by atoms with E-state index >= 15 is 0 Å². The summed E-state index contributed by atoms with van der Waals surface area (Å²) in [7, 11) is 8.20. The lowest BCUT2D eigenvalue weighted by molar-refractivity contribution is -0.127. The van der Waals surface area contributed by atoms with Crippen molar-refractivity contribution in [3.05, 3.63) is 24.8 Å². The topological polar surface area (TPSA) is 26.8 Å². The van der Waals surface area contributed by atoms with Gasteiger partial charge in [0, 0.05) is 24.7 Å². The molecule has 0 aliphatic carbocycles. The van der Waals surface area contributed by atoms with Gasteiger partial charge in [0.1, 0.15) is 0 Å². The third-order valence-electron chi connectivity index (χ3n) is 4.27. The molecule has 108 valence electrons. The Labute approximate surface area is 117 Å². The minimum atomic E-state index is -0.0323. The lowest BCUT2D eigenvalue weighted by atomic mass is 9.85. The van der Waals surface area contributed by atoms with Crippen LogP contribution in [0, 0.1) is 0 Å². The Morgan fingerprint density at radius 2 is 1.84 bits per heavy atom. The van der Waals surface area contributed by atoms with E-state index < -0.39 is 0 Å². The zero-order valence-electron chi connectivity index (χ0n) is 12.8. The first kappa shape index (κ1) is 15.9. The summed E-state index contributed by atoms with van der Waals surface area (Å²) in [6.07, 6.45) is 3.68. The van der Waals surface area contributed by atoms with Crippen LogP contribution in [0.1, 0.15) is 12.8 Å². The predicted molar refractivity (Wildman–Crippen MR) is 80.1 cm³/mol. The van der Waals surface area contributed by atoms with Gasteiger partial charge in [-0.3, -0.25) is 4.79 Å². The van der Waals surface area contributed by atoms with E-state index in [2.05, 4.69) is 44.1 Å². The molecule has 0 aromatic carbocycles. The first-order chi connectivity index (χ1) is 8.82. The Bertz CT molecular complexity index is 354. The number of carbonyl (C=O) groups is 1. The number of nitrogens with zero attached hydrogens (tertiary/aromatic N) is 3. The number of likely N-dealkylation sites (N-methyl/N-ethyl adjacent to an activating group) is 2. The maximum Gasteiger partial charge on any atom is 0.253 e. The molecule has 0 aromatic heterocycles. The first-order valence-electron chi connectivity index (χ1n) is 6.75. The average molecular weight is 265 g/mol. The van der Waals surface area contributed by atoms with Gasteiger partial charge in [-0.2, -0.15) is 0 Å². The van der Waals surface area contributed by atoms with E-state index in [1.54, 1.807) is 4.90 Å². The minimum Gasteiger partial charge on any atom is -0.340 e. The second-order valence-electron chi connectivity index (χ2n) is 5.81. The normalized spacial score (nSPS) is 19.2. The van der Waals surface area contributed by atoms with E-state index in [4.69, 9.17) is 0 Å². The Hall–Kier alpha value is -1.13. The Balaban J connectivity index is 2.77. The third-order valence-corrected chi connectivity index (χ3v) is 4.27. The molecule has 1 rings (SSSR count). The van der Waals surface area contributed by atoms with Crippen molar-refractivity contribution in [3.63, 3.8) is 0 Å². The van der Waals surface area contributed by atoms with Gasteiger partial charge in [-0.1, -0.05) is 19.2 Å². The van der Waals surface area contributed by atoms with Crippen LogP contribution in [0.5, 0.6) is 0 Å². The van der Waals surface area contributed by atoms with Gasteiger partial charge in [0.2, 0.25) is 0 Å². The quantitative estimate of drug-likeness (QED) is 0.552. The van der Waals surface area contributed by atoms with Crippen molar-refractivity contribution < 1.29 is 4.79 Å². The van der Waals surface area contributed by atoms with Crippen LogP contribution in [0.3, 0.4) is 0 Å². The zero-order chi connectivity index (χ0) is 14.6. The molecule has 1 saturated heterocycles. The Morgan fingerprint density at radius 1 is 1.32 bits per heavy atom. The van der Waals surface area contributed by atoms with E-state index in [-0.39, 0.29) is 11.4 Å². The molecule has 1 aliphatic heterocycles. The van der Waals surface area contributed by atoms with Crippen molar-refractivity contribution in [2.45, 2.75) is 18.4 Å². The summed E-state index contributed by atoms with van der Waals surface area (Å²) in [5.41, 5.74) is 0.530. The lowest BCUT2D eigenvalue weighted by Gasteiger charge is -2.47. The standard InChI is InChI=1S/C15H27N3O/c1-7-13(2)14(19)18(6)12-15(16(3)4)8-10-17(5)11-9-15/h7H,1-2,8-12H2,3-6H3. The number of amides is 1. The summed E-state index contributed by atoms with van der Waals surface area (Å²) in [4.78, 5) is 18.5. The highest BCUT2D eigenvalue weighted by atomic mass is 16.2. The second-order valence-corrected chi connectivity index (χ2v) is 5.81. The third kappa shape index (κ3) is 3.67. The van der Waals surface area contributed by atoms with Crippen LogP contribution in [-0.2, 0) is 4.79 Å². The molecule has 0 spiro atoms. The number of hydrogen-bond donors (Lipinski definition) is 0. The van der Waals surface area contributed by atoms with Gasteiger partial charge in [0.15, 0.2) is 0 Å². The Morgan fingerprint density at radius 3 is 2.26 bits per heavy atom. The maximum atomic E-state index is 12.1. The number of likely N-dealkylation sites (tertiary alicyclic amines) is 1. The highest BCUT2D eigenvalue weighted by Gasteiger charge is 2.37. The fraction of sp³-hybridized carbons (Fsp3) is 0.667. The molecule has 1 heterocycles. The second kappa shape index (κ2) is 6.35. The molecular weight excluding hydrogens is 238 g/mol. The van der Waals surface area contributed by atoms with Crippen LogP contribution in [0.15, 0.2) is 24.8 Å². The van der Waals surface area contributed by atoms with E-state index in [0.717, 1.165) is 32.5 Å². The van der Waals surface area contributed by atoms with Crippen molar-refractivity contribution >= 4 is 5.91 Å². The van der Waals surface area contributed by atoms with Gasteiger partial charge in [0.25, 0.3) is 5.91 Å². The van der Waals surface area contributed by atoms with E-state index in [1.165, 1.54) is 6.08 Å². The lowest BCUT2D eigenvalue weighted by Crippen LogP contribution is -2.58. The minimum absolute atomic E-state index is 0.0323. The molecule has 1 amide bonds. The fourth-order valence-electron chi connectivity index (χ4n) is 2.63. The summed E-state index contributed by atoms with van der Waals surface area (Å²) < 4.78 is 0. The molecule has 0 aromatic rings. The number of rotatable bonds is 5. The molecule has 0 N–H and O–H groups in total. The molecule has 0 atom stereocenters. The monoisotopic (exact) mass is 265 g/mol. The van der Waals surface area contributed by atoms with Crippen LogP contribution in [-0.4, -0.2) is 74.0 Å². The van der Waals surface area contributed by atoms with Crippen LogP contribution >= 0.6 is 0 Å². The van der Waals surface area contributed by atoms with Crippen molar-refractivity contribution in [3.8, 4) is 0 Å². The van der Waals surface area contributed by atoms with Crippen LogP contribution in [0.2, 0.25) is 0 Å². The molecule has 19 heavy (non-hydrogen) atoms. The van der Waals surface area contributed by atoms with Crippen molar-refractivity contribution in [2.75, 3.05) is 47.8 Å². The van der Waals surface area contributed by atoms with Crippen molar-refractivity contribution in [2.24, 2.45) is 0 Å². The average Bonchev–Trinajstić information content (AvgIpc) is 2.39. The van der Waals surface area contributed by atoms with Gasteiger partial charge in [0.05, 0.1) is 0 Å². The van der Waals surface area contributed by atoms with Crippen LogP contribution in [0.25, 0.3) is 0 Å². The van der Waals surface area contributed by atoms with Gasteiger partial charge in [-0.05, 0) is 47.1 Å². The molecule has 0 unspecified atom stereocenters. The SMILES string of the molecule is C=CC(=C)C(=O)N(C)CC1(N(C)C)CCN(C)CC1. The summed E-state index contributed by atoms with van der Waals surface area (Å²) in [5, 5.41) is 0. The summed E-state index contributed by atoms with van der Waals surface area (Å²) in [5.74, 6) is -0.0323. The summed E-state index contributed by atoms with van der Waals surface area (Å²) in [6.45, 7) is 10.2. The molecule has 0 radical (unpaired) electrons. The largest absolute Gasteiger partial charge is 0.340 e. The smallest absolute Gasteiger partial charge is 0.253 e. The van der Waals surface area contributed by atoms with E-state index in [0.29, 0.717) is 5.57 Å². The molecule has 1 aliphatic rings. The number of carbonyl (C=O) groups excluding carboxylic acids is 1. The van der Waals surface area contributed by atoms with Gasteiger partial charge in [-0.25, -0.2) is 0 Å². The fourth-order valence-corrected chi connectivity index (χ4v) is 2.63. The highest BCUT2D eigenvalue weighted by Crippen LogP contribution is 2.27. The van der Waals surface area contributed by atoms with Crippen molar-refractivity contribution in [1.29, 1.82) is 0 Å². The molecular formula is C15H27N3O. The molecule has 0 saturated carbocycles. The first-order valence-corrected chi connectivity index (χ1v) is 6.75. The number of hydrogen-bond acceptors (Lipinski definition) is 3. The maximum absolute atomic E-state index is 12.1. The van der Waals surface area contributed by atoms with Gasteiger partial charge in [-0.15, -0.1) is 0 Å². The predicted octanol–water partition coefficient (Wildman–Crippen LogP) is 1.21. The summed E-state index contributed by atoms with van der Waals surface area (Å²) >= 11 is 0. The van der Waals surface area contributed by atoms with Crippen LogP contribution < -0.4 is 0 Å². The summed E-state index contributed by atoms with van der Waals surface area (Å²) in [6, 6.07) is 0. The molecule has 4 heteroatoms. The van der Waals surface area contributed by atoms with E-state index in [1.807, 2.05) is 7.05 Å². The molecule has 4 nitrogen and oxygen atoms in total.